The number of halogens is 5. The summed E-state index contributed by atoms with van der Waals surface area (Å²) in [6.45, 7) is 0.0541. The van der Waals surface area contributed by atoms with E-state index in [0.29, 0.717) is 5.56 Å². The second-order valence-electron chi connectivity index (χ2n) is 6.12. The van der Waals surface area contributed by atoms with E-state index in [1.807, 2.05) is 0 Å². The highest BCUT2D eigenvalue weighted by molar-refractivity contribution is 9.10. The molecule has 2 heterocycles. The molecule has 2 aromatic heterocycles. The first kappa shape index (κ1) is 19.1. The summed E-state index contributed by atoms with van der Waals surface area (Å²) in [7, 11) is 0. The third-order valence-corrected chi connectivity index (χ3v) is 4.91. The van der Waals surface area contributed by atoms with Crippen molar-refractivity contribution < 1.29 is 22.1 Å². The molecule has 0 N–H and O–H groups in total. The Morgan fingerprint density at radius 2 is 1.97 bits per heavy atom. The van der Waals surface area contributed by atoms with Crippen LogP contribution in [0.15, 0.2) is 51.6 Å². The van der Waals surface area contributed by atoms with E-state index in [1.165, 1.54) is 41.1 Å². The van der Waals surface area contributed by atoms with Crippen LogP contribution in [0.4, 0.5) is 17.6 Å². The van der Waals surface area contributed by atoms with Gasteiger partial charge in [0.05, 0.1) is 28.2 Å². The van der Waals surface area contributed by atoms with E-state index >= 15 is 0 Å². The third kappa shape index (κ3) is 3.49. The van der Waals surface area contributed by atoms with Crippen molar-refractivity contribution in [2.75, 3.05) is 0 Å². The van der Waals surface area contributed by atoms with Crippen LogP contribution in [0.1, 0.15) is 17.0 Å². The second kappa shape index (κ2) is 7.00. The van der Waals surface area contributed by atoms with Gasteiger partial charge in [0, 0.05) is 22.7 Å². The first-order valence-corrected chi connectivity index (χ1v) is 8.94. The van der Waals surface area contributed by atoms with E-state index in [-0.39, 0.29) is 33.6 Å². The van der Waals surface area contributed by atoms with Gasteiger partial charge in [-0.1, -0.05) is 5.16 Å². The van der Waals surface area contributed by atoms with E-state index in [0.717, 1.165) is 6.07 Å². The van der Waals surface area contributed by atoms with Gasteiger partial charge in [0.15, 0.2) is 5.82 Å². The molecule has 10 heteroatoms. The molecule has 0 fully saturated rings. The summed E-state index contributed by atoms with van der Waals surface area (Å²) in [6, 6.07) is 9.67. The fraction of sp³-hybridized carbons (Fsp3) is 0.105. The van der Waals surface area contributed by atoms with Gasteiger partial charge in [-0.25, -0.2) is 4.39 Å². The lowest BCUT2D eigenvalue weighted by molar-refractivity contribution is -0.136. The molecule has 0 spiro atoms. The van der Waals surface area contributed by atoms with Crippen LogP contribution in [-0.4, -0.2) is 14.7 Å². The molecule has 0 saturated carbocycles. The number of hydrogen-bond donors (Lipinski definition) is 0. The molecule has 29 heavy (non-hydrogen) atoms. The number of nitrogens with zero attached hydrogens (tertiary/aromatic N) is 4. The zero-order valence-corrected chi connectivity index (χ0v) is 15.9. The van der Waals surface area contributed by atoms with Gasteiger partial charge in [0.1, 0.15) is 5.82 Å². The maximum Gasteiger partial charge on any atom is 0.418 e. The number of hydrogen-bond acceptors (Lipinski definition) is 4. The molecule has 5 nitrogen and oxygen atoms in total. The fourth-order valence-corrected chi connectivity index (χ4v) is 3.40. The molecule has 0 bridgehead atoms. The van der Waals surface area contributed by atoms with Crippen LogP contribution in [0.2, 0.25) is 0 Å². The van der Waals surface area contributed by atoms with Gasteiger partial charge in [0.2, 0.25) is 0 Å². The topological polar surface area (TPSA) is 67.6 Å². The molecule has 4 rings (SSSR count). The Labute approximate surface area is 169 Å². The molecule has 0 atom stereocenters. The Bertz CT molecular complexity index is 1270. The number of fused-ring (bicyclic) bond motifs is 1. The summed E-state index contributed by atoms with van der Waals surface area (Å²) in [5.41, 5.74) is -0.632. The monoisotopic (exact) mass is 464 g/mol. The van der Waals surface area contributed by atoms with E-state index in [4.69, 9.17) is 9.78 Å². The van der Waals surface area contributed by atoms with Crippen molar-refractivity contribution in [2.45, 2.75) is 12.7 Å². The summed E-state index contributed by atoms with van der Waals surface area (Å²) < 4.78 is 60.6. The van der Waals surface area contributed by atoms with Gasteiger partial charge >= 0.3 is 6.18 Å². The minimum absolute atomic E-state index is 0.0541. The molecule has 0 radical (unpaired) electrons. The minimum atomic E-state index is -4.66. The van der Waals surface area contributed by atoms with E-state index < -0.39 is 23.1 Å². The van der Waals surface area contributed by atoms with Crippen LogP contribution in [0.25, 0.3) is 22.4 Å². The van der Waals surface area contributed by atoms with Gasteiger partial charge < -0.3 is 9.09 Å². The minimum Gasteiger partial charge on any atom is -0.340 e. The maximum absolute atomic E-state index is 13.4. The summed E-state index contributed by atoms with van der Waals surface area (Å²) in [5, 5.41) is 12.8. The molecule has 2 aromatic carbocycles. The van der Waals surface area contributed by atoms with Crippen molar-refractivity contribution in [2.24, 2.45) is 0 Å². The highest BCUT2D eigenvalue weighted by Crippen LogP contribution is 2.37. The predicted molar refractivity (Wildman–Crippen MR) is 98.1 cm³/mol. The highest BCUT2D eigenvalue weighted by Gasteiger charge is 2.36. The van der Waals surface area contributed by atoms with Crippen molar-refractivity contribution in [3.05, 3.63) is 69.8 Å². The van der Waals surface area contributed by atoms with E-state index in [1.54, 1.807) is 6.07 Å². The Morgan fingerprint density at radius 3 is 2.66 bits per heavy atom. The number of nitriles is 1. The van der Waals surface area contributed by atoms with Crippen molar-refractivity contribution in [1.29, 1.82) is 5.26 Å². The third-order valence-electron chi connectivity index (χ3n) is 4.30. The first-order valence-electron chi connectivity index (χ1n) is 8.15. The van der Waals surface area contributed by atoms with E-state index in [9.17, 15) is 17.6 Å². The number of rotatable bonds is 3. The number of aromatic nitrogens is 3. The summed E-state index contributed by atoms with van der Waals surface area (Å²) in [6.07, 6.45) is -3.20. The Kier molecular flexibility index (Phi) is 4.62. The van der Waals surface area contributed by atoms with Crippen LogP contribution in [0, 0.1) is 17.1 Å². The largest absolute Gasteiger partial charge is 0.418 e. The van der Waals surface area contributed by atoms with Crippen LogP contribution >= 0.6 is 15.9 Å². The normalized spacial score (nSPS) is 11.7. The van der Waals surface area contributed by atoms with Crippen LogP contribution < -0.4 is 0 Å². The Hall–Kier alpha value is -3.19. The van der Waals surface area contributed by atoms with Gasteiger partial charge in [-0.15, -0.1) is 0 Å². The van der Waals surface area contributed by atoms with Crippen molar-refractivity contribution >= 4 is 26.8 Å². The molecule has 0 unspecified atom stereocenters. The number of alkyl halides is 3. The smallest absolute Gasteiger partial charge is 0.340 e. The molecular formula is C19H9BrF4N4O. The molecule has 0 saturated heterocycles. The molecule has 0 aliphatic carbocycles. The number of benzene rings is 2. The van der Waals surface area contributed by atoms with Crippen molar-refractivity contribution in [1.82, 2.24) is 14.7 Å². The van der Waals surface area contributed by atoms with Gasteiger partial charge in [-0.3, -0.25) is 0 Å². The molecule has 0 aliphatic heterocycles. The van der Waals surface area contributed by atoms with Gasteiger partial charge in [0.25, 0.3) is 5.89 Å². The SMILES string of the molecule is N#Cc1ccc2c(ccn2Cc2noc(-c3ccc(F)c(Br)c3)n2)c1C(F)(F)F. The second-order valence-corrected chi connectivity index (χ2v) is 6.97. The zero-order chi connectivity index (χ0) is 20.8. The predicted octanol–water partition coefficient (Wildman–Crippen LogP) is 5.53. The van der Waals surface area contributed by atoms with Crippen LogP contribution in [0.5, 0.6) is 0 Å². The highest BCUT2D eigenvalue weighted by atomic mass is 79.9. The van der Waals surface area contributed by atoms with Crippen molar-refractivity contribution in [3.63, 3.8) is 0 Å². The average molecular weight is 465 g/mol. The zero-order valence-electron chi connectivity index (χ0n) is 14.3. The first-order chi connectivity index (χ1) is 13.8. The lowest BCUT2D eigenvalue weighted by atomic mass is 10.0. The summed E-state index contributed by atoms with van der Waals surface area (Å²) >= 11 is 3.08. The maximum atomic E-state index is 13.4. The van der Waals surface area contributed by atoms with Crippen molar-refractivity contribution in [3.8, 4) is 17.5 Å². The van der Waals surface area contributed by atoms with E-state index in [2.05, 4.69) is 26.1 Å². The van der Waals surface area contributed by atoms with Crippen LogP contribution in [0.3, 0.4) is 0 Å². The molecule has 4 aromatic rings. The molecule has 0 aliphatic rings. The molecule has 146 valence electrons. The average Bonchev–Trinajstić information content (AvgIpc) is 3.30. The molecular weight excluding hydrogens is 456 g/mol. The fourth-order valence-electron chi connectivity index (χ4n) is 3.03. The van der Waals surface area contributed by atoms with Crippen LogP contribution in [-0.2, 0) is 12.7 Å². The Morgan fingerprint density at radius 1 is 1.17 bits per heavy atom. The summed E-state index contributed by atoms with van der Waals surface area (Å²) in [5.74, 6) is -0.0553. The van der Waals surface area contributed by atoms with Gasteiger partial charge in [-0.05, 0) is 52.3 Å². The van der Waals surface area contributed by atoms with Gasteiger partial charge in [-0.2, -0.15) is 23.4 Å². The standard InChI is InChI=1S/C19H9BrF4N4O/c20-13-7-10(1-3-14(13)21)18-26-16(27-29-18)9-28-6-5-12-15(28)4-2-11(8-25)17(12)19(22,23)24/h1-7H,9H2. The lowest BCUT2D eigenvalue weighted by Crippen LogP contribution is -2.09. The lowest BCUT2D eigenvalue weighted by Gasteiger charge is -2.11. The Balaban J connectivity index is 1.70. The molecule has 0 amide bonds. The summed E-state index contributed by atoms with van der Waals surface area (Å²) in [4.78, 5) is 4.22. The quantitative estimate of drug-likeness (QED) is 0.373.